The number of carbonyl (C=O) groups is 2. The van der Waals surface area contributed by atoms with Crippen LogP contribution < -0.4 is 4.74 Å². The first kappa shape index (κ1) is 32.7. The highest BCUT2D eigenvalue weighted by atomic mass is 32.5. The molecule has 1 aliphatic heterocycles. The maximum atomic E-state index is 13.6. The van der Waals surface area contributed by atoms with Gasteiger partial charge in [0.1, 0.15) is 23.9 Å². The Kier molecular flexibility index (Phi) is 9.10. The van der Waals surface area contributed by atoms with E-state index in [1.807, 2.05) is 0 Å². The molecule has 0 amide bonds. The van der Waals surface area contributed by atoms with E-state index in [4.69, 9.17) is 4.74 Å². The molecule has 0 spiro atoms. The summed E-state index contributed by atoms with van der Waals surface area (Å²) >= 11 is 0. The Hall–Kier alpha value is -3.55. The highest BCUT2D eigenvalue weighted by molar-refractivity contribution is 8.45. The summed E-state index contributed by atoms with van der Waals surface area (Å²) in [5.74, 6) is -2.61. The summed E-state index contributed by atoms with van der Waals surface area (Å²) < 4.78 is 126. The molecule has 0 saturated heterocycles. The number of carbonyl (C=O) groups excluding carboxylic acids is 2. The lowest BCUT2D eigenvalue weighted by molar-refractivity contribution is -0.757. The van der Waals surface area contributed by atoms with Crippen LogP contribution in [0.15, 0.2) is 22.6 Å². The first-order chi connectivity index (χ1) is 18.1. The normalized spacial score (nSPS) is 17.0. The van der Waals surface area contributed by atoms with E-state index in [9.17, 15) is 52.3 Å². The first-order valence-corrected chi connectivity index (χ1v) is 12.9. The molecule has 1 atom stereocenters. The second-order valence-electron chi connectivity index (χ2n) is 8.12. The number of hydrogen-bond donors (Lipinski definition) is 0. The molecule has 2 rings (SSSR count). The van der Waals surface area contributed by atoms with E-state index in [2.05, 4.69) is 19.0 Å². The standard InChI is InChI=1S/C20H22F8N2O9S/c1-3-12-8-14(40(24,25,26,27)28)9-13-10-15(17(20(21,22)23)39-16(12)13)18(31)36-11-37-19(32)35-6-4-29(2)5-7-38-30(33)34/h8-10,17H,3-7,11H2,1-2H3/t17-/m0/s1. The van der Waals surface area contributed by atoms with Crippen LogP contribution in [0, 0.1) is 10.1 Å². The van der Waals surface area contributed by atoms with Crippen molar-refractivity contribution >= 4 is 28.4 Å². The number of esters is 1. The summed E-state index contributed by atoms with van der Waals surface area (Å²) in [5.41, 5.74) is -2.87. The van der Waals surface area contributed by atoms with Crippen LogP contribution in [0.5, 0.6) is 5.75 Å². The Morgan fingerprint density at radius 3 is 2.25 bits per heavy atom. The minimum absolute atomic E-state index is 0.0113. The molecule has 0 saturated carbocycles. The summed E-state index contributed by atoms with van der Waals surface area (Å²) in [5, 5.41) is 9.06. The van der Waals surface area contributed by atoms with Gasteiger partial charge in [-0.25, -0.2) is 9.59 Å². The Labute approximate surface area is 220 Å². The van der Waals surface area contributed by atoms with Crippen molar-refractivity contribution in [2.75, 3.05) is 40.1 Å². The molecule has 40 heavy (non-hydrogen) atoms. The van der Waals surface area contributed by atoms with Gasteiger partial charge in [0.05, 0.1) is 5.57 Å². The predicted octanol–water partition coefficient (Wildman–Crippen LogP) is 5.41. The van der Waals surface area contributed by atoms with Crippen LogP contribution in [0.2, 0.25) is 0 Å². The quantitative estimate of drug-likeness (QED) is 0.0987. The Bertz CT molecular complexity index is 1180. The number of ether oxygens (including phenoxy) is 4. The summed E-state index contributed by atoms with van der Waals surface area (Å²) in [6.45, 7) is -0.543. The lowest BCUT2D eigenvalue weighted by atomic mass is 9.98. The van der Waals surface area contributed by atoms with Crippen molar-refractivity contribution in [3.63, 3.8) is 0 Å². The van der Waals surface area contributed by atoms with E-state index in [1.165, 1.54) is 18.9 Å². The van der Waals surface area contributed by atoms with Crippen molar-refractivity contribution in [1.82, 2.24) is 4.90 Å². The van der Waals surface area contributed by atoms with Gasteiger partial charge in [-0.1, -0.05) is 26.4 Å². The lowest BCUT2D eigenvalue weighted by Crippen LogP contribution is -2.41. The average Bonchev–Trinajstić information content (AvgIpc) is 2.80. The van der Waals surface area contributed by atoms with Crippen molar-refractivity contribution < 1.29 is 71.1 Å². The average molecular weight is 618 g/mol. The van der Waals surface area contributed by atoms with Gasteiger partial charge in [0, 0.05) is 18.7 Å². The molecular weight excluding hydrogens is 596 g/mol. The van der Waals surface area contributed by atoms with Crippen molar-refractivity contribution in [2.45, 2.75) is 30.5 Å². The zero-order valence-electron chi connectivity index (χ0n) is 20.6. The van der Waals surface area contributed by atoms with E-state index >= 15 is 0 Å². The molecule has 0 aromatic heterocycles. The third-order valence-corrected chi connectivity index (χ3v) is 6.21. The molecule has 0 bridgehead atoms. The molecule has 1 heterocycles. The Morgan fingerprint density at radius 2 is 1.70 bits per heavy atom. The molecule has 228 valence electrons. The first-order valence-electron chi connectivity index (χ1n) is 10.9. The highest BCUT2D eigenvalue weighted by Crippen LogP contribution is 3.02. The smallest absolute Gasteiger partial charge is 0.475 e. The maximum absolute atomic E-state index is 13.6. The summed E-state index contributed by atoms with van der Waals surface area (Å²) in [4.78, 5) is 37.1. The number of fused-ring (bicyclic) bond motifs is 1. The zero-order chi connectivity index (χ0) is 30.6. The number of nitrogens with zero attached hydrogens (tertiary/aromatic N) is 2. The molecule has 0 radical (unpaired) electrons. The largest absolute Gasteiger partial charge is 0.511 e. The van der Waals surface area contributed by atoms with Crippen molar-refractivity contribution in [2.24, 2.45) is 0 Å². The van der Waals surface area contributed by atoms with Crippen molar-refractivity contribution in [3.8, 4) is 5.75 Å². The van der Waals surface area contributed by atoms with E-state index < -0.39 is 80.3 Å². The molecule has 0 aliphatic carbocycles. The fraction of sp³-hybridized carbons (Fsp3) is 0.500. The van der Waals surface area contributed by atoms with E-state index in [1.54, 1.807) is 0 Å². The van der Waals surface area contributed by atoms with E-state index in [0.717, 1.165) is 0 Å². The second kappa shape index (κ2) is 11.1. The van der Waals surface area contributed by atoms with Crippen LogP contribution in [-0.2, 0) is 30.3 Å². The third kappa shape index (κ3) is 9.28. The predicted molar refractivity (Wildman–Crippen MR) is 120 cm³/mol. The zero-order valence-corrected chi connectivity index (χ0v) is 21.4. The van der Waals surface area contributed by atoms with Gasteiger partial charge in [0.2, 0.25) is 12.9 Å². The van der Waals surface area contributed by atoms with E-state index in [-0.39, 0.29) is 44.5 Å². The van der Waals surface area contributed by atoms with Gasteiger partial charge in [-0.2, -0.15) is 13.2 Å². The second-order valence-corrected chi connectivity index (χ2v) is 10.5. The summed E-state index contributed by atoms with van der Waals surface area (Å²) in [6, 6.07) is -0.146. The van der Waals surface area contributed by atoms with Crippen LogP contribution in [-0.4, -0.2) is 74.5 Å². The number of rotatable bonds is 12. The Balaban J connectivity index is 2.11. The number of alkyl halides is 3. The van der Waals surface area contributed by atoms with Gasteiger partial charge in [-0.05, 0) is 37.2 Å². The van der Waals surface area contributed by atoms with Gasteiger partial charge in [0.25, 0.3) is 5.09 Å². The summed E-state index contributed by atoms with van der Waals surface area (Å²) in [7, 11) is -8.76. The lowest BCUT2D eigenvalue weighted by Gasteiger charge is -2.41. The molecular formula is C20H22F8N2O9S. The molecule has 1 aromatic rings. The number of aryl methyl sites for hydroxylation is 1. The summed E-state index contributed by atoms with van der Waals surface area (Å²) in [6.07, 6.45) is -9.89. The Morgan fingerprint density at radius 1 is 1.07 bits per heavy atom. The van der Waals surface area contributed by atoms with Gasteiger partial charge >= 0.3 is 28.5 Å². The fourth-order valence-electron chi connectivity index (χ4n) is 3.18. The number of halogens is 8. The molecule has 0 unspecified atom stereocenters. The maximum Gasteiger partial charge on any atom is 0.511 e. The van der Waals surface area contributed by atoms with Gasteiger partial charge < -0.3 is 28.7 Å². The SMILES string of the molecule is CCc1cc(S(F)(F)(F)(F)F)cc2c1O[C@H](C(F)(F)F)C(C(=O)OCOC(=O)OCCN(C)CCO[N+](=O)[O-])=C2. The van der Waals surface area contributed by atoms with E-state index in [0.29, 0.717) is 0 Å². The van der Waals surface area contributed by atoms with Crippen LogP contribution in [0.25, 0.3) is 6.08 Å². The van der Waals surface area contributed by atoms with Crippen molar-refractivity contribution in [1.29, 1.82) is 0 Å². The van der Waals surface area contributed by atoms with Crippen LogP contribution in [0.3, 0.4) is 0 Å². The van der Waals surface area contributed by atoms with Gasteiger partial charge in [-0.3, -0.25) is 0 Å². The monoisotopic (exact) mass is 618 g/mol. The number of benzene rings is 1. The topological polar surface area (TPSA) is 127 Å². The molecule has 1 aliphatic rings. The van der Waals surface area contributed by atoms with Crippen molar-refractivity contribution in [3.05, 3.63) is 38.9 Å². The van der Waals surface area contributed by atoms with Gasteiger partial charge in [0.15, 0.2) is 0 Å². The highest BCUT2D eigenvalue weighted by Gasteiger charge is 2.66. The van der Waals surface area contributed by atoms with Crippen LogP contribution in [0.1, 0.15) is 18.1 Å². The van der Waals surface area contributed by atoms with Crippen LogP contribution >= 0.6 is 10.2 Å². The molecule has 20 heteroatoms. The minimum Gasteiger partial charge on any atom is -0.475 e. The van der Waals surface area contributed by atoms with Gasteiger partial charge in [-0.15, -0.1) is 10.1 Å². The molecule has 0 fully saturated rings. The molecule has 0 N–H and O–H groups in total. The minimum atomic E-state index is -10.3. The number of likely N-dealkylation sites (N-methyl/N-ethyl adjacent to an activating group) is 1. The third-order valence-electron chi connectivity index (χ3n) is 5.09. The number of hydrogen-bond acceptors (Lipinski definition) is 10. The molecule has 1 aromatic carbocycles. The fourth-order valence-corrected chi connectivity index (χ4v) is 3.89. The van der Waals surface area contributed by atoms with Crippen LogP contribution in [0.4, 0.5) is 37.4 Å². The molecule has 11 nitrogen and oxygen atoms in total.